The number of thiazole rings is 1. The average molecular weight is 378 g/mol. The van der Waals surface area contributed by atoms with Crippen LogP contribution in [0, 0.1) is 11.6 Å². The summed E-state index contributed by atoms with van der Waals surface area (Å²) in [6.45, 7) is 0.894. The van der Waals surface area contributed by atoms with Gasteiger partial charge in [-0.3, -0.25) is 4.79 Å². The van der Waals surface area contributed by atoms with Crippen LogP contribution < -0.4 is 9.54 Å². The van der Waals surface area contributed by atoms with E-state index in [0.717, 1.165) is 22.3 Å². The maximum absolute atomic E-state index is 13.8. The summed E-state index contributed by atoms with van der Waals surface area (Å²) in [4.78, 5) is 16.8. The summed E-state index contributed by atoms with van der Waals surface area (Å²) in [5, 5.41) is 0. The Labute approximate surface area is 152 Å². The smallest absolute Gasteiger partial charge is 0.282 e. The van der Waals surface area contributed by atoms with Crippen molar-refractivity contribution < 1.29 is 23.0 Å². The number of ether oxygens (including phenoxy) is 2. The third kappa shape index (κ3) is 3.66. The molecule has 0 unspecified atom stereocenters. The molecule has 1 heterocycles. The molecule has 0 N–H and O–H groups in total. The highest BCUT2D eigenvalue weighted by Crippen LogP contribution is 2.23. The standard InChI is InChI=1S/C18H16F2N2O3S/c1-24-8-7-22-15-6-4-12(25-2)10-16(15)26-18(22)21-17(23)13-5-3-11(19)9-14(13)20/h3-6,9-10H,7-8H2,1-2H3. The summed E-state index contributed by atoms with van der Waals surface area (Å²) >= 11 is 1.28. The van der Waals surface area contributed by atoms with E-state index in [2.05, 4.69) is 4.99 Å². The number of aromatic nitrogens is 1. The second-order valence-electron chi connectivity index (χ2n) is 5.40. The van der Waals surface area contributed by atoms with E-state index in [-0.39, 0.29) is 5.56 Å². The monoisotopic (exact) mass is 378 g/mol. The molecule has 0 atom stereocenters. The van der Waals surface area contributed by atoms with Gasteiger partial charge in [0.05, 0.1) is 29.5 Å². The summed E-state index contributed by atoms with van der Waals surface area (Å²) in [6, 6.07) is 8.29. The van der Waals surface area contributed by atoms with Crippen LogP contribution >= 0.6 is 11.3 Å². The van der Waals surface area contributed by atoms with E-state index < -0.39 is 17.5 Å². The first-order valence-electron chi connectivity index (χ1n) is 7.74. The van der Waals surface area contributed by atoms with Gasteiger partial charge in [0.1, 0.15) is 17.4 Å². The topological polar surface area (TPSA) is 52.8 Å². The molecule has 0 bridgehead atoms. The lowest BCUT2D eigenvalue weighted by atomic mass is 10.2. The Balaban J connectivity index is 2.12. The van der Waals surface area contributed by atoms with Gasteiger partial charge in [0.15, 0.2) is 4.80 Å². The number of carbonyl (C=O) groups is 1. The fourth-order valence-electron chi connectivity index (χ4n) is 2.47. The molecule has 0 saturated heterocycles. The molecular weight excluding hydrogens is 362 g/mol. The number of carbonyl (C=O) groups excluding carboxylic acids is 1. The minimum absolute atomic E-state index is 0.278. The summed E-state index contributed by atoms with van der Waals surface area (Å²) in [5.74, 6) is -1.78. The molecule has 0 aliphatic carbocycles. The number of rotatable bonds is 5. The Kier molecular flexibility index (Phi) is 5.43. The lowest BCUT2D eigenvalue weighted by molar-refractivity contribution is 0.0993. The van der Waals surface area contributed by atoms with Gasteiger partial charge in [-0.25, -0.2) is 8.78 Å². The van der Waals surface area contributed by atoms with E-state index in [1.54, 1.807) is 14.2 Å². The van der Waals surface area contributed by atoms with E-state index in [0.29, 0.717) is 29.8 Å². The highest BCUT2D eigenvalue weighted by Gasteiger charge is 2.14. The molecule has 0 aliphatic rings. The fourth-order valence-corrected chi connectivity index (χ4v) is 3.56. The molecule has 1 amide bonds. The van der Waals surface area contributed by atoms with Gasteiger partial charge in [-0.1, -0.05) is 11.3 Å². The average Bonchev–Trinajstić information content (AvgIpc) is 2.95. The van der Waals surface area contributed by atoms with Crippen LogP contribution in [-0.4, -0.2) is 31.3 Å². The van der Waals surface area contributed by atoms with Gasteiger partial charge in [0.25, 0.3) is 5.91 Å². The fraction of sp³-hybridized carbons (Fsp3) is 0.222. The first kappa shape index (κ1) is 18.2. The Morgan fingerprint density at radius 2 is 2.00 bits per heavy atom. The lowest BCUT2D eigenvalue weighted by Crippen LogP contribution is -2.19. The van der Waals surface area contributed by atoms with Crippen molar-refractivity contribution in [2.75, 3.05) is 20.8 Å². The van der Waals surface area contributed by atoms with Crippen LogP contribution in [0.25, 0.3) is 10.2 Å². The van der Waals surface area contributed by atoms with E-state index >= 15 is 0 Å². The van der Waals surface area contributed by atoms with E-state index in [1.165, 1.54) is 11.3 Å². The Bertz CT molecular complexity index is 1030. The summed E-state index contributed by atoms with van der Waals surface area (Å²) in [5.41, 5.74) is 0.582. The van der Waals surface area contributed by atoms with Crippen LogP contribution in [-0.2, 0) is 11.3 Å². The SMILES string of the molecule is COCCn1c(=NC(=O)c2ccc(F)cc2F)sc2cc(OC)ccc21. The maximum Gasteiger partial charge on any atom is 0.282 e. The van der Waals surface area contributed by atoms with Gasteiger partial charge >= 0.3 is 0 Å². The van der Waals surface area contributed by atoms with Gasteiger partial charge in [0.2, 0.25) is 0 Å². The zero-order chi connectivity index (χ0) is 18.7. The molecule has 0 fully saturated rings. The van der Waals surface area contributed by atoms with Gasteiger partial charge < -0.3 is 14.0 Å². The normalized spacial score (nSPS) is 11.9. The van der Waals surface area contributed by atoms with Gasteiger partial charge in [-0.15, -0.1) is 0 Å². The van der Waals surface area contributed by atoms with Gasteiger partial charge in [-0.05, 0) is 30.3 Å². The van der Waals surface area contributed by atoms with Crippen LogP contribution in [0.4, 0.5) is 8.78 Å². The first-order valence-corrected chi connectivity index (χ1v) is 8.55. The van der Waals surface area contributed by atoms with Crippen LogP contribution in [0.5, 0.6) is 5.75 Å². The van der Waals surface area contributed by atoms with Gasteiger partial charge in [-0.2, -0.15) is 4.99 Å². The second-order valence-corrected chi connectivity index (χ2v) is 6.41. The summed E-state index contributed by atoms with van der Waals surface area (Å²) < 4.78 is 39.9. The van der Waals surface area contributed by atoms with E-state index in [1.807, 2.05) is 22.8 Å². The van der Waals surface area contributed by atoms with Crippen molar-refractivity contribution in [1.29, 1.82) is 0 Å². The number of hydrogen-bond donors (Lipinski definition) is 0. The molecule has 1 aromatic heterocycles. The zero-order valence-electron chi connectivity index (χ0n) is 14.2. The van der Waals surface area contributed by atoms with Crippen molar-refractivity contribution in [3.8, 4) is 5.75 Å². The molecule has 3 aromatic rings. The minimum atomic E-state index is -0.940. The molecule has 2 aromatic carbocycles. The molecule has 26 heavy (non-hydrogen) atoms. The number of hydrogen-bond acceptors (Lipinski definition) is 4. The van der Waals surface area contributed by atoms with Crippen molar-refractivity contribution >= 4 is 27.5 Å². The number of halogens is 2. The molecule has 5 nitrogen and oxygen atoms in total. The number of nitrogens with zero attached hydrogens (tertiary/aromatic N) is 2. The molecular formula is C18H16F2N2O3S. The molecule has 0 aliphatic heterocycles. The van der Waals surface area contributed by atoms with Gasteiger partial charge in [0, 0.05) is 19.7 Å². The number of methoxy groups -OCH3 is 2. The molecule has 0 saturated carbocycles. The largest absolute Gasteiger partial charge is 0.497 e. The van der Waals surface area contributed by atoms with Crippen molar-refractivity contribution in [1.82, 2.24) is 4.57 Å². The first-order chi connectivity index (χ1) is 12.5. The molecule has 136 valence electrons. The van der Waals surface area contributed by atoms with Crippen molar-refractivity contribution in [3.63, 3.8) is 0 Å². The van der Waals surface area contributed by atoms with E-state index in [4.69, 9.17) is 9.47 Å². The van der Waals surface area contributed by atoms with Crippen molar-refractivity contribution in [2.24, 2.45) is 4.99 Å². The maximum atomic E-state index is 13.8. The van der Waals surface area contributed by atoms with Crippen molar-refractivity contribution in [3.05, 3.63) is 58.4 Å². The Morgan fingerprint density at radius 1 is 1.19 bits per heavy atom. The molecule has 0 radical (unpaired) electrons. The van der Waals surface area contributed by atoms with Crippen molar-refractivity contribution in [2.45, 2.75) is 6.54 Å². The Hall–Kier alpha value is -2.58. The van der Waals surface area contributed by atoms with Crippen LogP contribution in [0.3, 0.4) is 0 Å². The predicted octanol–water partition coefficient (Wildman–Crippen LogP) is 3.38. The molecule has 3 rings (SSSR count). The zero-order valence-corrected chi connectivity index (χ0v) is 15.0. The van der Waals surface area contributed by atoms with Crippen LogP contribution in [0.2, 0.25) is 0 Å². The highest BCUT2D eigenvalue weighted by atomic mass is 32.1. The summed E-state index contributed by atoms with van der Waals surface area (Å²) in [6.07, 6.45) is 0. The summed E-state index contributed by atoms with van der Waals surface area (Å²) in [7, 11) is 3.15. The number of benzene rings is 2. The predicted molar refractivity (Wildman–Crippen MR) is 94.5 cm³/mol. The van der Waals surface area contributed by atoms with E-state index in [9.17, 15) is 13.6 Å². The number of fused-ring (bicyclic) bond motifs is 1. The second kappa shape index (κ2) is 7.76. The Morgan fingerprint density at radius 3 is 2.69 bits per heavy atom. The third-order valence-corrected chi connectivity index (χ3v) is 4.81. The highest BCUT2D eigenvalue weighted by molar-refractivity contribution is 7.16. The minimum Gasteiger partial charge on any atom is -0.497 e. The molecule has 8 heteroatoms. The van der Waals surface area contributed by atoms with Crippen LogP contribution in [0.1, 0.15) is 10.4 Å². The molecule has 0 spiro atoms. The van der Waals surface area contributed by atoms with Crippen LogP contribution in [0.15, 0.2) is 41.4 Å². The quantitative estimate of drug-likeness (QED) is 0.684. The number of amides is 1. The third-order valence-electron chi connectivity index (χ3n) is 3.77. The lowest BCUT2D eigenvalue weighted by Gasteiger charge is -2.05.